The summed E-state index contributed by atoms with van der Waals surface area (Å²) in [5.74, 6) is -0.220. The highest BCUT2D eigenvalue weighted by Gasteiger charge is 2.34. The molecule has 2 aliphatic heterocycles. The van der Waals surface area contributed by atoms with Crippen LogP contribution in [0.1, 0.15) is 11.7 Å². The van der Waals surface area contributed by atoms with Gasteiger partial charge in [0.05, 0.1) is 0 Å². The second-order valence-corrected chi connectivity index (χ2v) is 8.57. The van der Waals surface area contributed by atoms with Gasteiger partial charge in [-0.3, -0.25) is 9.93 Å². The smallest absolute Gasteiger partial charge is 0.256 e. The van der Waals surface area contributed by atoms with Crippen molar-refractivity contribution < 1.29 is 9.90 Å². The summed E-state index contributed by atoms with van der Waals surface area (Å²) in [5.41, 5.74) is 3.23. The fraction of sp³-hybridized carbons (Fsp3) is 0.250. The Morgan fingerprint density at radius 3 is 2.30 bits per heavy atom. The lowest BCUT2D eigenvalue weighted by molar-refractivity contribution is -0.139. The Balaban J connectivity index is 1.34. The predicted molar refractivity (Wildman–Crippen MR) is 109 cm³/mol. The number of benzene rings is 2. The molecule has 0 saturated heterocycles. The third-order valence-corrected chi connectivity index (χ3v) is 6.34. The van der Waals surface area contributed by atoms with E-state index in [1.54, 1.807) is 29.0 Å². The molecule has 0 radical (unpaired) electrons. The van der Waals surface area contributed by atoms with Gasteiger partial charge >= 0.3 is 0 Å². The van der Waals surface area contributed by atoms with Crippen LogP contribution < -0.4 is 5.14 Å². The van der Waals surface area contributed by atoms with Crippen molar-refractivity contribution in [2.75, 3.05) is 26.2 Å². The molecular formula is C20H21N3O2S2. The average molecular weight is 400 g/mol. The summed E-state index contributed by atoms with van der Waals surface area (Å²) in [6.45, 7) is 2.89. The first-order valence-corrected chi connectivity index (χ1v) is 10.4. The minimum atomic E-state index is -1.09. The van der Waals surface area contributed by atoms with Crippen molar-refractivity contribution in [3.63, 3.8) is 0 Å². The van der Waals surface area contributed by atoms with Crippen molar-refractivity contribution in [1.82, 2.24) is 9.21 Å². The summed E-state index contributed by atoms with van der Waals surface area (Å²) >= 11 is 2.97. The number of carbonyl (C=O) groups excluding carboxylic acids is 1. The van der Waals surface area contributed by atoms with Gasteiger partial charge in [-0.05, 0) is 58.8 Å². The van der Waals surface area contributed by atoms with E-state index in [9.17, 15) is 9.90 Å². The van der Waals surface area contributed by atoms with Gasteiger partial charge in [-0.25, -0.2) is 4.31 Å². The molecule has 0 aliphatic carbocycles. The van der Waals surface area contributed by atoms with E-state index in [4.69, 9.17) is 5.14 Å². The monoisotopic (exact) mass is 399 g/mol. The van der Waals surface area contributed by atoms with E-state index < -0.39 is 6.10 Å². The lowest BCUT2D eigenvalue weighted by atomic mass is 10.1. The number of amides is 1. The molecule has 27 heavy (non-hydrogen) atoms. The minimum absolute atomic E-state index is 0.220. The van der Waals surface area contributed by atoms with Crippen molar-refractivity contribution in [3.8, 4) is 0 Å². The van der Waals surface area contributed by atoms with Gasteiger partial charge in [0.2, 0.25) is 0 Å². The van der Waals surface area contributed by atoms with Crippen molar-refractivity contribution in [3.05, 3.63) is 71.3 Å². The summed E-state index contributed by atoms with van der Waals surface area (Å²) in [4.78, 5) is 16.6. The highest BCUT2D eigenvalue weighted by Crippen LogP contribution is 2.34. The Labute approximate surface area is 167 Å². The van der Waals surface area contributed by atoms with Crippen LogP contribution >= 0.6 is 23.9 Å². The molecule has 1 unspecified atom stereocenters. The van der Waals surface area contributed by atoms with Gasteiger partial charge < -0.3 is 10.0 Å². The molecule has 0 bridgehead atoms. The molecule has 7 heteroatoms. The summed E-state index contributed by atoms with van der Waals surface area (Å²) in [7, 11) is 0. The summed E-state index contributed by atoms with van der Waals surface area (Å²) in [6.07, 6.45) is -1.09. The van der Waals surface area contributed by atoms with E-state index in [2.05, 4.69) is 16.4 Å². The van der Waals surface area contributed by atoms with E-state index in [-0.39, 0.29) is 5.91 Å². The molecule has 2 aromatic carbocycles. The standard InChI is InChI=1S/C20H21N3O2S2/c21-26-17-7-4-8-18(9-17)27-23-12-15-10-22(11-16(15)13-23)20(25)19(24)14-5-2-1-3-6-14/h1-9,19,24H,10-13,21H2. The number of nitrogens with zero attached hydrogens (tertiary/aromatic N) is 2. The normalized spacial score (nSPS) is 18.1. The first kappa shape index (κ1) is 18.6. The van der Waals surface area contributed by atoms with Crippen molar-refractivity contribution in [2.45, 2.75) is 15.9 Å². The van der Waals surface area contributed by atoms with Crippen molar-refractivity contribution in [1.29, 1.82) is 0 Å². The van der Waals surface area contributed by atoms with Gasteiger partial charge in [0, 0.05) is 36.0 Å². The summed E-state index contributed by atoms with van der Waals surface area (Å²) in [6, 6.07) is 17.3. The second-order valence-electron chi connectivity index (χ2n) is 6.70. The van der Waals surface area contributed by atoms with Gasteiger partial charge in [0.1, 0.15) is 0 Å². The molecule has 0 fully saturated rings. The molecular weight excluding hydrogens is 378 g/mol. The first-order chi connectivity index (χ1) is 13.1. The van der Waals surface area contributed by atoms with Gasteiger partial charge in [0.25, 0.3) is 5.91 Å². The molecule has 0 spiro atoms. The van der Waals surface area contributed by atoms with Crippen LogP contribution in [0, 0.1) is 0 Å². The number of aliphatic hydroxyl groups excluding tert-OH is 1. The number of hydrogen-bond acceptors (Lipinski definition) is 6. The second kappa shape index (κ2) is 8.08. The van der Waals surface area contributed by atoms with Crippen LogP contribution in [0.2, 0.25) is 0 Å². The Morgan fingerprint density at radius 2 is 1.63 bits per heavy atom. The molecule has 1 atom stereocenters. The topological polar surface area (TPSA) is 69.8 Å². The lowest BCUT2D eigenvalue weighted by Gasteiger charge is -2.24. The van der Waals surface area contributed by atoms with E-state index in [0.29, 0.717) is 18.7 Å². The SMILES string of the molecule is NSc1cccc(SN2CC3=C(C2)CN(C(=O)C(O)c2ccccc2)C3)c1. The summed E-state index contributed by atoms with van der Waals surface area (Å²) in [5, 5.41) is 16.0. The zero-order valence-corrected chi connectivity index (χ0v) is 16.4. The van der Waals surface area contributed by atoms with Crippen molar-refractivity contribution >= 4 is 29.8 Å². The van der Waals surface area contributed by atoms with Gasteiger partial charge in [-0.1, -0.05) is 36.4 Å². The zero-order valence-electron chi connectivity index (χ0n) is 14.7. The molecule has 0 saturated carbocycles. The molecule has 0 aromatic heterocycles. The maximum atomic E-state index is 12.6. The van der Waals surface area contributed by atoms with Crippen LogP contribution in [-0.4, -0.2) is 46.4 Å². The van der Waals surface area contributed by atoms with Gasteiger partial charge in [-0.15, -0.1) is 0 Å². The Kier molecular flexibility index (Phi) is 5.56. The molecule has 5 nitrogen and oxygen atoms in total. The average Bonchev–Trinajstić information content (AvgIpc) is 3.26. The van der Waals surface area contributed by atoms with Crippen LogP contribution in [0.3, 0.4) is 0 Å². The van der Waals surface area contributed by atoms with Crippen LogP contribution in [0.4, 0.5) is 0 Å². The molecule has 3 N–H and O–H groups in total. The quantitative estimate of drug-likeness (QED) is 0.595. The number of hydrogen-bond donors (Lipinski definition) is 2. The van der Waals surface area contributed by atoms with E-state index in [1.807, 2.05) is 30.3 Å². The van der Waals surface area contributed by atoms with Gasteiger partial charge in [-0.2, -0.15) is 0 Å². The van der Waals surface area contributed by atoms with Crippen LogP contribution in [0.15, 0.2) is 75.5 Å². The first-order valence-electron chi connectivity index (χ1n) is 8.75. The fourth-order valence-corrected chi connectivity index (χ4v) is 4.95. The van der Waals surface area contributed by atoms with Crippen LogP contribution in [0.25, 0.3) is 0 Å². The predicted octanol–water partition coefficient (Wildman–Crippen LogP) is 2.85. The highest BCUT2D eigenvalue weighted by molar-refractivity contribution is 7.97. The molecule has 2 heterocycles. The van der Waals surface area contributed by atoms with E-state index >= 15 is 0 Å². The Hall–Kier alpha value is -1.77. The Morgan fingerprint density at radius 1 is 0.963 bits per heavy atom. The molecule has 4 rings (SSSR count). The summed E-state index contributed by atoms with van der Waals surface area (Å²) < 4.78 is 2.31. The van der Waals surface area contributed by atoms with Crippen LogP contribution in [0.5, 0.6) is 0 Å². The molecule has 1 amide bonds. The zero-order chi connectivity index (χ0) is 18.8. The third kappa shape index (κ3) is 4.07. The largest absolute Gasteiger partial charge is 0.378 e. The highest BCUT2D eigenvalue weighted by atomic mass is 32.2. The maximum absolute atomic E-state index is 12.6. The van der Waals surface area contributed by atoms with Crippen LogP contribution in [-0.2, 0) is 4.79 Å². The molecule has 2 aromatic rings. The number of nitrogens with two attached hydrogens (primary N) is 1. The number of aliphatic hydroxyl groups is 1. The molecule has 2 aliphatic rings. The number of carbonyl (C=O) groups is 1. The third-order valence-electron chi connectivity index (χ3n) is 4.83. The Bertz CT molecular complexity index is 855. The fourth-order valence-electron chi connectivity index (χ4n) is 3.47. The van der Waals surface area contributed by atoms with Crippen molar-refractivity contribution in [2.24, 2.45) is 5.14 Å². The number of rotatable bonds is 5. The van der Waals surface area contributed by atoms with E-state index in [0.717, 1.165) is 18.0 Å². The minimum Gasteiger partial charge on any atom is -0.378 e. The lowest BCUT2D eigenvalue weighted by Crippen LogP contribution is -2.36. The van der Waals surface area contributed by atoms with Gasteiger partial charge in [0.15, 0.2) is 6.10 Å². The maximum Gasteiger partial charge on any atom is 0.256 e. The molecule has 140 valence electrons. The van der Waals surface area contributed by atoms with E-state index in [1.165, 1.54) is 28.0 Å².